The molecule has 1 aliphatic carbocycles. The van der Waals surface area contributed by atoms with Crippen LogP contribution in [0.2, 0.25) is 0 Å². The molecule has 5 nitrogen and oxygen atoms in total. The Kier molecular flexibility index (Phi) is 5.19. The van der Waals surface area contributed by atoms with Crippen molar-refractivity contribution in [3.8, 4) is 0 Å². The van der Waals surface area contributed by atoms with Gasteiger partial charge < -0.3 is 14.4 Å². The Morgan fingerprint density at radius 3 is 2.58 bits per heavy atom. The predicted octanol–water partition coefficient (Wildman–Crippen LogP) is 1.30. The minimum atomic E-state index is 0.0652. The first-order valence-corrected chi connectivity index (χ1v) is 8.86. The van der Waals surface area contributed by atoms with Gasteiger partial charge in [0.2, 0.25) is 5.91 Å². The number of hydrogen-bond donors (Lipinski definition) is 0. The molecule has 0 aromatic carbocycles. The molecule has 0 bridgehead atoms. The van der Waals surface area contributed by atoms with Crippen LogP contribution < -0.4 is 5.56 Å². The average Bonchev–Trinajstić information content (AvgIpc) is 3.00. The number of aromatic nitrogens is 1. The van der Waals surface area contributed by atoms with Gasteiger partial charge in [-0.05, 0) is 38.9 Å². The van der Waals surface area contributed by atoms with Gasteiger partial charge in [-0.25, -0.2) is 0 Å². The Morgan fingerprint density at radius 2 is 1.88 bits per heavy atom. The Balaban J connectivity index is 1.76. The van der Waals surface area contributed by atoms with Gasteiger partial charge in [0.1, 0.15) is 0 Å². The van der Waals surface area contributed by atoms with E-state index in [1.807, 2.05) is 29.6 Å². The summed E-state index contributed by atoms with van der Waals surface area (Å²) in [6.07, 6.45) is 7.56. The summed E-state index contributed by atoms with van der Waals surface area (Å²) in [5.74, 6) is 0.400. The maximum Gasteiger partial charge on any atom is 0.250 e. The van der Waals surface area contributed by atoms with E-state index in [1.165, 1.54) is 5.56 Å². The SMILES string of the molecule is CN(C)CCn1c2c(ccc1=O)CCN(C(=O)C1CC=CC1)CC2. The van der Waals surface area contributed by atoms with E-state index in [9.17, 15) is 9.59 Å². The minimum Gasteiger partial charge on any atom is -0.342 e. The monoisotopic (exact) mass is 329 g/mol. The molecule has 0 spiro atoms. The summed E-state index contributed by atoms with van der Waals surface area (Å²) >= 11 is 0. The molecule has 1 aromatic rings. The second-order valence-corrected chi connectivity index (χ2v) is 7.06. The Morgan fingerprint density at radius 1 is 1.17 bits per heavy atom. The molecule has 1 amide bonds. The van der Waals surface area contributed by atoms with Crippen LogP contribution in [0.25, 0.3) is 0 Å². The molecular formula is C19H27N3O2. The summed E-state index contributed by atoms with van der Waals surface area (Å²) < 4.78 is 1.90. The van der Waals surface area contributed by atoms with Crippen molar-refractivity contribution in [2.75, 3.05) is 33.7 Å². The molecule has 2 aliphatic rings. The van der Waals surface area contributed by atoms with Crippen molar-refractivity contribution in [3.63, 3.8) is 0 Å². The second-order valence-electron chi connectivity index (χ2n) is 7.06. The molecule has 0 saturated heterocycles. The average molecular weight is 329 g/mol. The molecule has 3 rings (SSSR count). The van der Waals surface area contributed by atoms with Crippen molar-refractivity contribution in [3.05, 3.63) is 45.9 Å². The van der Waals surface area contributed by atoms with Crippen LogP contribution in [0.15, 0.2) is 29.1 Å². The zero-order valence-electron chi connectivity index (χ0n) is 14.7. The maximum atomic E-state index is 12.7. The standard InChI is InChI=1S/C19H27N3O2/c1-20(2)13-14-22-17-10-12-21(19(24)16-5-3-4-6-16)11-9-15(17)7-8-18(22)23/h3-4,7-8,16H,5-6,9-14H2,1-2H3. The normalized spacial score (nSPS) is 18.0. The first-order chi connectivity index (χ1) is 11.6. The van der Waals surface area contributed by atoms with Crippen LogP contribution in [0.4, 0.5) is 0 Å². The number of carbonyl (C=O) groups is 1. The number of amides is 1. The molecule has 0 unspecified atom stereocenters. The smallest absolute Gasteiger partial charge is 0.250 e. The van der Waals surface area contributed by atoms with Crippen molar-refractivity contribution < 1.29 is 4.79 Å². The van der Waals surface area contributed by atoms with Gasteiger partial charge in [0.25, 0.3) is 5.56 Å². The summed E-state index contributed by atoms with van der Waals surface area (Å²) in [4.78, 5) is 29.1. The van der Waals surface area contributed by atoms with Crippen molar-refractivity contribution in [1.29, 1.82) is 0 Å². The Labute approximate surface area is 143 Å². The lowest BCUT2D eigenvalue weighted by atomic mass is 10.1. The molecule has 0 saturated carbocycles. The zero-order chi connectivity index (χ0) is 17.1. The fourth-order valence-electron chi connectivity index (χ4n) is 3.64. The van der Waals surface area contributed by atoms with E-state index >= 15 is 0 Å². The Bertz CT molecular complexity index is 682. The molecule has 1 aromatic heterocycles. The van der Waals surface area contributed by atoms with Crippen LogP contribution in [0.1, 0.15) is 24.1 Å². The van der Waals surface area contributed by atoms with E-state index in [2.05, 4.69) is 17.1 Å². The molecule has 5 heteroatoms. The third-order valence-electron chi connectivity index (χ3n) is 5.10. The maximum absolute atomic E-state index is 12.7. The molecule has 0 radical (unpaired) electrons. The van der Waals surface area contributed by atoms with E-state index in [-0.39, 0.29) is 17.4 Å². The molecule has 1 aliphatic heterocycles. The quantitative estimate of drug-likeness (QED) is 0.782. The number of carbonyl (C=O) groups excluding carboxylic acids is 1. The lowest BCUT2D eigenvalue weighted by Gasteiger charge is -2.23. The topological polar surface area (TPSA) is 45.6 Å². The lowest BCUT2D eigenvalue weighted by molar-refractivity contribution is -0.135. The number of nitrogens with zero attached hydrogens (tertiary/aromatic N) is 3. The van der Waals surface area contributed by atoms with E-state index in [4.69, 9.17) is 0 Å². The molecule has 0 atom stereocenters. The third-order valence-corrected chi connectivity index (χ3v) is 5.10. The number of hydrogen-bond acceptors (Lipinski definition) is 3. The highest BCUT2D eigenvalue weighted by atomic mass is 16.2. The summed E-state index contributed by atoms with van der Waals surface area (Å²) in [5, 5.41) is 0. The van der Waals surface area contributed by atoms with Gasteiger partial charge >= 0.3 is 0 Å². The van der Waals surface area contributed by atoms with Gasteiger partial charge in [-0.2, -0.15) is 0 Å². The molecule has 130 valence electrons. The molecular weight excluding hydrogens is 302 g/mol. The van der Waals surface area contributed by atoms with Crippen molar-refractivity contribution >= 4 is 5.91 Å². The molecule has 0 fully saturated rings. The van der Waals surface area contributed by atoms with Crippen molar-refractivity contribution in [1.82, 2.24) is 14.4 Å². The van der Waals surface area contributed by atoms with E-state index in [0.717, 1.165) is 44.5 Å². The Hall–Kier alpha value is -1.88. The van der Waals surface area contributed by atoms with Crippen LogP contribution in [0, 0.1) is 5.92 Å². The zero-order valence-corrected chi connectivity index (χ0v) is 14.7. The van der Waals surface area contributed by atoms with Crippen molar-refractivity contribution in [2.45, 2.75) is 32.2 Å². The number of pyridine rings is 1. The van der Waals surface area contributed by atoms with Crippen LogP contribution in [0.5, 0.6) is 0 Å². The number of rotatable bonds is 4. The summed E-state index contributed by atoms with van der Waals surface area (Å²) in [7, 11) is 4.03. The highest BCUT2D eigenvalue weighted by molar-refractivity contribution is 5.79. The van der Waals surface area contributed by atoms with Gasteiger partial charge in [0.05, 0.1) is 0 Å². The number of allylic oxidation sites excluding steroid dienone is 2. The third kappa shape index (κ3) is 3.61. The van der Waals surface area contributed by atoms with E-state index < -0.39 is 0 Å². The predicted molar refractivity (Wildman–Crippen MR) is 95.1 cm³/mol. The molecule has 24 heavy (non-hydrogen) atoms. The van der Waals surface area contributed by atoms with Crippen LogP contribution >= 0.6 is 0 Å². The molecule has 2 heterocycles. The lowest BCUT2D eigenvalue weighted by Crippen LogP contribution is -2.37. The summed E-state index contributed by atoms with van der Waals surface area (Å²) in [5.41, 5.74) is 2.40. The summed E-state index contributed by atoms with van der Waals surface area (Å²) in [6, 6.07) is 3.63. The van der Waals surface area contributed by atoms with Gasteiger partial charge in [0.15, 0.2) is 0 Å². The number of likely N-dealkylation sites (N-methyl/N-ethyl adjacent to an activating group) is 1. The fraction of sp³-hybridized carbons (Fsp3) is 0.579. The largest absolute Gasteiger partial charge is 0.342 e. The first-order valence-electron chi connectivity index (χ1n) is 8.86. The fourth-order valence-corrected chi connectivity index (χ4v) is 3.64. The highest BCUT2D eigenvalue weighted by Gasteiger charge is 2.27. The highest BCUT2D eigenvalue weighted by Crippen LogP contribution is 2.22. The van der Waals surface area contributed by atoms with Gasteiger partial charge in [-0.15, -0.1) is 0 Å². The van der Waals surface area contributed by atoms with Crippen LogP contribution in [-0.2, 0) is 24.2 Å². The summed E-state index contributed by atoms with van der Waals surface area (Å²) in [6.45, 7) is 3.02. The van der Waals surface area contributed by atoms with Gasteiger partial charge in [-0.3, -0.25) is 9.59 Å². The van der Waals surface area contributed by atoms with E-state index in [0.29, 0.717) is 13.1 Å². The first kappa shape index (κ1) is 17.0. The number of fused-ring (bicyclic) bond motifs is 1. The minimum absolute atomic E-state index is 0.0652. The van der Waals surface area contributed by atoms with E-state index in [1.54, 1.807) is 6.07 Å². The molecule has 0 N–H and O–H groups in total. The second kappa shape index (κ2) is 7.34. The van der Waals surface area contributed by atoms with Gasteiger partial charge in [0, 0.05) is 50.3 Å². The van der Waals surface area contributed by atoms with Crippen molar-refractivity contribution in [2.24, 2.45) is 5.92 Å². The van der Waals surface area contributed by atoms with Crippen LogP contribution in [-0.4, -0.2) is 54.0 Å². The van der Waals surface area contributed by atoms with Crippen LogP contribution in [0.3, 0.4) is 0 Å². The van der Waals surface area contributed by atoms with Gasteiger partial charge in [-0.1, -0.05) is 18.2 Å².